The zero-order valence-electron chi connectivity index (χ0n) is 13.9. The van der Waals surface area contributed by atoms with Crippen LogP contribution in [-0.4, -0.2) is 15.8 Å². The highest BCUT2D eigenvalue weighted by Gasteiger charge is 2.44. The Kier molecular flexibility index (Phi) is 3.37. The van der Waals surface area contributed by atoms with E-state index in [1.165, 1.54) is 27.7 Å². The molecule has 2 aliphatic rings. The van der Waals surface area contributed by atoms with Crippen LogP contribution < -0.4 is 4.74 Å². The van der Waals surface area contributed by atoms with Crippen LogP contribution in [0.5, 0.6) is 5.75 Å². The van der Waals surface area contributed by atoms with Crippen molar-refractivity contribution in [2.75, 3.05) is 7.11 Å². The number of hydrogen-bond donors (Lipinski definition) is 2. The number of thiol groups is 2. The van der Waals surface area contributed by atoms with Crippen LogP contribution in [-0.2, 0) is 18.9 Å². The first-order valence-corrected chi connectivity index (χ1v) is 9.08. The maximum Gasteiger partial charge on any atom is 0.119 e. The Morgan fingerprint density at radius 1 is 1.17 bits per heavy atom. The summed E-state index contributed by atoms with van der Waals surface area (Å²) in [6.45, 7) is 2.39. The highest BCUT2D eigenvalue weighted by Crippen LogP contribution is 2.53. The Morgan fingerprint density at radius 2 is 1.96 bits per heavy atom. The molecule has 2 nitrogen and oxygen atoms in total. The molecule has 122 valence electrons. The molecule has 0 amide bonds. The summed E-state index contributed by atoms with van der Waals surface area (Å²) in [6.07, 6.45) is 6.56. The molecule has 0 N–H and O–H groups in total. The van der Waals surface area contributed by atoms with Crippen molar-refractivity contribution >= 4 is 36.2 Å². The zero-order valence-corrected chi connectivity index (χ0v) is 15.7. The number of allylic oxidation sites excluding steroid dienone is 1. The minimum Gasteiger partial charge on any atom is -0.497 e. The number of nitrogens with zero attached hydrogens (tertiary/aromatic N) is 1. The van der Waals surface area contributed by atoms with E-state index in [4.69, 9.17) is 30.0 Å². The van der Waals surface area contributed by atoms with Gasteiger partial charge in [0.15, 0.2) is 0 Å². The van der Waals surface area contributed by atoms with Gasteiger partial charge in [-0.05, 0) is 49.4 Å². The first-order chi connectivity index (χ1) is 10.9. The summed E-state index contributed by atoms with van der Waals surface area (Å²) >= 11 is 9.42. The molecule has 0 radical (unpaired) electrons. The van der Waals surface area contributed by atoms with Gasteiger partial charge in [-0.15, -0.1) is 0 Å². The van der Waals surface area contributed by atoms with Crippen molar-refractivity contribution in [1.29, 1.82) is 0 Å². The van der Waals surface area contributed by atoms with Gasteiger partial charge < -0.3 is 9.30 Å². The monoisotopic (exact) mass is 345 g/mol. The molecule has 1 atom stereocenters. The molecule has 0 bridgehead atoms. The highest BCUT2D eigenvalue weighted by atomic mass is 32.2. The second-order valence-corrected chi connectivity index (χ2v) is 9.10. The van der Waals surface area contributed by atoms with E-state index in [9.17, 15) is 0 Å². The van der Waals surface area contributed by atoms with E-state index >= 15 is 0 Å². The molecule has 0 saturated carbocycles. The van der Waals surface area contributed by atoms with Crippen LogP contribution in [0.25, 0.3) is 10.9 Å². The summed E-state index contributed by atoms with van der Waals surface area (Å²) in [7, 11) is 3.93. The van der Waals surface area contributed by atoms with E-state index in [1.54, 1.807) is 7.11 Å². The second kappa shape index (κ2) is 5.00. The summed E-state index contributed by atoms with van der Waals surface area (Å²) in [5.74, 6) is 0.936. The van der Waals surface area contributed by atoms with Crippen molar-refractivity contribution in [3.8, 4) is 5.75 Å². The third-order valence-corrected chi connectivity index (χ3v) is 6.49. The van der Waals surface area contributed by atoms with Crippen LogP contribution >= 0.6 is 25.3 Å². The van der Waals surface area contributed by atoms with E-state index in [2.05, 4.69) is 42.8 Å². The van der Waals surface area contributed by atoms with Crippen molar-refractivity contribution in [1.82, 2.24) is 4.57 Å². The quantitative estimate of drug-likeness (QED) is 0.436. The smallest absolute Gasteiger partial charge is 0.119 e. The molecule has 1 unspecified atom stereocenters. The number of fused-ring (bicyclic) bond motifs is 5. The summed E-state index contributed by atoms with van der Waals surface area (Å²) in [6, 6.07) is 6.43. The van der Waals surface area contributed by atoms with Crippen LogP contribution in [0.2, 0.25) is 0 Å². The van der Waals surface area contributed by atoms with Crippen LogP contribution in [0.1, 0.15) is 37.4 Å². The maximum atomic E-state index is 5.44. The Balaban J connectivity index is 1.99. The molecule has 2 aromatic rings. The first kappa shape index (κ1) is 15.5. The third-order valence-electron chi connectivity index (χ3n) is 5.79. The molecule has 2 aliphatic carbocycles. The summed E-state index contributed by atoms with van der Waals surface area (Å²) in [4.78, 5) is 0. The number of rotatable bonds is 1. The minimum absolute atomic E-state index is 0.101. The summed E-state index contributed by atoms with van der Waals surface area (Å²) < 4.78 is 7.57. The molecular formula is C19H23NOS2. The maximum absolute atomic E-state index is 5.44. The number of ether oxygens (including phenoxy) is 1. The molecule has 4 heteroatoms. The average molecular weight is 346 g/mol. The van der Waals surface area contributed by atoms with Crippen LogP contribution in [0, 0.1) is 0 Å². The van der Waals surface area contributed by atoms with E-state index in [-0.39, 0.29) is 9.49 Å². The largest absolute Gasteiger partial charge is 0.497 e. The fourth-order valence-corrected chi connectivity index (χ4v) is 5.10. The molecule has 4 rings (SSSR count). The van der Waals surface area contributed by atoms with Gasteiger partial charge in [-0.2, -0.15) is 25.3 Å². The SMILES string of the molecule is COc1ccc2c(c1)c1c(n2C)C2(C)CCC(S)(S)C=C2CC1. The number of hydrogen-bond acceptors (Lipinski definition) is 3. The molecule has 0 aliphatic heterocycles. The van der Waals surface area contributed by atoms with Crippen molar-refractivity contribution < 1.29 is 4.74 Å². The van der Waals surface area contributed by atoms with E-state index in [0.717, 1.165) is 31.4 Å². The lowest BCUT2D eigenvalue weighted by molar-refractivity contribution is 0.408. The lowest BCUT2D eigenvalue weighted by Crippen LogP contribution is -2.38. The highest BCUT2D eigenvalue weighted by molar-refractivity contribution is 8.00. The fraction of sp³-hybridized carbons (Fsp3) is 0.474. The predicted molar refractivity (Wildman–Crippen MR) is 103 cm³/mol. The van der Waals surface area contributed by atoms with Gasteiger partial charge in [0.05, 0.1) is 11.2 Å². The van der Waals surface area contributed by atoms with Gasteiger partial charge in [-0.1, -0.05) is 18.6 Å². The molecule has 1 aromatic carbocycles. The van der Waals surface area contributed by atoms with Gasteiger partial charge >= 0.3 is 0 Å². The van der Waals surface area contributed by atoms with Gasteiger partial charge in [-0.25, -0.2) is 0 Å². The molecule has 0 saturated heterocycles. The number of methoxy groups -OCH3 is 1. The third kappa shape index (κ3) is 2.18. The van der Waals surface area contributed by atoms with Crippen molar-refractivity contribution in [3.05, 3.63) is 41.1 Å². The standard InChI is InChI=1S/C19H23NOS2/c1-18-8-9-19(22,23)11-12(18)4-6-14-15-10-13(21-3)5-7-16(15)20(2)17(14)18/h5,7,10-11,22-23H,4,6,8-9H2,1-3H3. The number of benzene rings is 1. The lowest BCUT2D eigenvalue weighted by atomic mass is 9.65. The molecule has 1 heterocycles. The Morgan fingerprint density at radius 3 is 2.70 bits per heavy atom. The average Bonchev–Trinajstić information content (AvgIpc) is 2.81. The molecule has 23 heavy (non-hydrogen) atoms. The van der Waals surface area contributed by atoms with Crippen molar-refractivity contribution in [2.45, 2.75) is 42.1 Å². The number of aryl methyl sites for hydroxylation is 2. The fourth-order valence-electron chi connectivity index (χ4n) is 4.57. The van der Waals surface area contributed by atoms with Gasteiger partial charge in [0.25, 0.3) is 0 Å². The topological polar surface area (TPSA) is 14.2 Å². The Labute approximate surface area is 148 Å². The molecule has 0 fully saturated rings. The van der Waals surface area contributed by atoms with E-state index < -0.39 is 0 Å². The van der Waals surface area contributed by atoms with Crippen molar-refractivity contribution in [2.24, 2.45) is 7.05 Å². The molecule has 0 spiro atoms. The van der Waals surface area contributed by atoms with Gasteiger partial charge in [0, 0.05) is 29.1 Å². The Bertz CT molecular complexity index is 833. The first-order valence-electron chi connectivity index (χ1n) is 8.18. The van der Waals surface area contributed by atoms with Gasteiger partial charge in [0.1, 0.15) is 5.75 Å². The van der Waals surface area contributed by atoms with Gasteiger partial charge in [0.2, 0.25) is 0 Å². The minimum atomic E-state index is -0.264. The predicted octanol–water partition coefficient (Wildman–Crippen LogP) is 4.67. The summed E-state index contributed by atoms with van der Waals surface area (Å²) in [5.41, 5.74) is 5.86. The second-order valence-electron chi connectivity index (χ2n) is 7.15. The van der Waals surface area contributed by atoms with Crippen LogP contribution in [0.3, 0.4) is 0 Å². The molecular weight excluding hydrogens is 322 g/mol. The normalized spacial score (nSPS) is 25.7. The van der Waals surface area contributed by atoms with Crippen molar-refractivity contribution in [3.63, 3.8) is 0 Å². The Hall–Kier alpha value is -1.00. The van der Waals surface area contributed by atoms with Crippen LogP contribution in [0.4, 0.5) is 0 Å². The lowest BCUT2D eigenvalue weighted by Gasteiger charge is -2.44. The van der Waals surface area contributed by atoms with E-state index in [1.807, 2.05) is 0 Å². The zero-order chi connectivity index (χ0) is 16.4. The number of aromatic nitrogens is 1. The van der Waals surface area contributed by atoms with Gasteiger partial charge in [-0.3, -0.25) is 0 Å². The summed E-state index contributed by atoms with van der Waals surface area (Å²) in [5, 5.41) is 1.34. The molecule has 1 aromatic heterocycles. The van der Waals surface area contributed by atoms with E-state index in [0.29, 0.717) is 0 Å². The van der Waals surface area contributed by atoms with Crippen LogP contribution in [0.15, 0.2) is 29.8 Å².